The van der Waals surface area contributed by atoms with E-state index in [1.165, 1.54) is 18.2 Å². The predicted octanol–water partition coefficient (Wildman–Crippen LogP) is 4.19. The van der Waals surface area contributed by atoms with Crippen LogP contribution in [-0.2, 0) is 12.7 Å². The fourth-order valence-corrected chi connectivity index (χ4v) is 3.52. The highest BCUT2D eigenvalue weighted by molar-refractivity contribution is 6.05. The molecule has 2 aromatic carbocycles. The van der Waals surface area contributed by atoms with Gasteiger partial charge in [-0.05, 0) is 56.4 Å². The van der Waals surface area contributed by atoms with E-state index in [-0.39, 0.29) is 30.2 Å². The van der Waals surface area contributed by atoms with Crippen molar-refractivity contribution in [1.82, 2.24) is 10.6 Å². The molecule has 0 saturated heterocycles. The van der Waals surface area contributed by atoms with Gasteiger partial charge >= 0.3 is 6.18 Å². The van der Waals surface area contributed by atoms with E-state index < -0.39 is 17.6 Å². The highest BCUT2D eigenvalue weighted by Crippen LogP contribution is 2.32. The van der Waals surface area contributed by atoms with Gasteiger partial charge in [0.1, 0.15) is 0 Å². The Kier molecular flexibility index (Phi) is 7.33. The van der Waals surface area contributed by atoms with Crippen molar-refractivity contribution in [2.24, 2.45) is 4.99 Å². The number of nitrogens with one attached hydrogen (secondary N) is 2. The molecule has 166 valence electrons. The van der Waals surface area contributed by atoms with Crippen LogP contribution >= 0.6 is 0 Å². The van der Waals surface area contributed by atoms with Gasteiger partial charge in [0.05, 0.1) is 18.2 Å². The first-order valence-corrected chi connectivity index (χ1v) is 10.2. The number of benzene rings is 2. The Balaban J connectivity index is 1.79. The molecule has 0 unspecified atom stereocenters. The lowest BCUT2D eigenvalue weighted by molar-refractivity contribution is -0.138. The maximum absolute atomic E-state index is 13.3. The summed E-state index contributed by atoms with van der Waals surface area (Å²) in [6, 6.07) is 12.2. The summed E-state index contributed by atoms with van der Waals surface area (Å²) in [6.45, 7) is 1.67. The van der Waals surface area contributed by atoms with Crippen LogP contribution in [0.25, 0.3) is 0 Å². The highest BCUT2D eigenvalue weighted by atomic mass is 19.4. The van der Waals surface area contributed by atoms with Crippen LogP contribution in [0.5, 0.6) is 0 Å². The molecule has 31 heavy (non-hydrogen) atoms. The number of aryl methyl sites for hydroxylation is 1. The quantitative estimate of drug-likeness (QED) is 0.500. The minimum Gasteiger partial charge on any atom is -0.393 e. The summed E-state index contributed by atoms with van der Waals surface area (Å²) in [5, 5.41) is 15.5. The zero-order valence-corrected chi connectivity index (χ0v) is 17.2. The lowest BCUT2D eigenvalue weighted by Crippen LogP contribution is -2.47. The van der Waals surface area contributed by atoms with E-state index in [0.29, 0.717) is 31.2 Å². The Morgan fingerprint density at radius 3 is 2.35 bits per heavy atom. The topological polar surface area (TPSA) is 73.7 Å². The van der Waals surface area contributed by atoms with Crippen molar-refractivity contribution >= 4 is 11.9 Å². The average Bonchev–Trinajstić information content (AvgIpc) is 2.73. The molecule has 1 saturated carbocycles. The largest absolute Gasteiger partial charge is 0.416 e. The number of guanidine groups is 1. The Hall–Kier alpha value is -2.87. The van der Waals surface area contributed by atoms with Gasteiger partial charge in [-0.3, -0.25) is 10.1 Å². The average molecular weight is 433 g/mol. The highest BCUT2D eigenvalue weighted by Gasteiger charge is 2.32. The van der Waals surface area contributed by atoms with Crippen molar-refractivity contribution in [2.45, 2.75) is 57.5 Å². The van der Waals surface area contributed by atoms with Gasteiger partial charge in [0.2, 0.25) is 0 Å². The minimum atomic E-state index is -4.48. The second kappa shape index (κ2) is 9.96. The molecule has 0 bridgehead atoms. The van der Waals surface area contributed by atoms with E-state index in [1.807, 2.05) is 6.92 Å². The fraction of sp³-hybridized carbons (Fsp3) is 0.391. The molecule has 3 N–H and O–H groups in total. The van der Waals surface area contributed by atoms with Crippen molar-refractivity contribution in [3.05, 3.63) is 70.8 Å². The van der Waals surface area contributed by atoms with Gasteiger partial charge in [0.15, 0.2) is 5.96 Å². The Labute approximate surface area is 179 Å². The third-order valence-corrected chi connectivity index (χ3v) is 5.31. The number of halogens is 3. The molecule has 0 spiro atoms. The number of hydrogen-bond donors (Lipinski definition) is 3. The molecular formula is C23H26F3N3O2. The number of amides is 1. The van der Waals surface area contributed by atoms with Gasteiger partial charge in [-0.15, -0.1) is 0 Å². The molecule has 1 fully saturated rings. The van der Waals surface area contributed by atoms with Crippen LogP contribution in [0.3, 0.4) is 0 Å². The molecule has 1 aliphatic carbocycles. The monoisotopic (exact) mass is 433 g/mol. The van der Waals surface area contributed by atoms with Crippen LogP contribution in [0.1, 0.15) is 52.7 Å². The molecule has 0 aliphatic heterocycles. The van der Waals surface area contributed by atoms with Crippen LogP contribution in [0.4, 0.5) is 13.2 Å². The standard InChI is InChI=1S/C23H26F3N3O2/c1-15-6-8-16(9-7-15)21(31)29-22(28-18-10-12-19(30)13-11-18)27-14-17-4-2-3-5-20(17)23(24,25)26/h2-9,18-19,30H,10-14H2,1H3,(H2,27,28,29,31). The molecule has 5 nitrogen and oxygen atoms in total. The maximum Gasteiger partial charge on any atom is 0.416 e. The van der Waals surface area contributed by atoms with E-state index in [2.05, 4.69) is 15.6 Å². The summed E-state index contributed by atoms with van der Waals surface area (Å²) in [5.41, 5.74) is 0.713. The number of carbonyl (C=O) groups is 1. The first-order chi connectivity index (χ1) is 14.7. The molecular weight excluding hydrogens is 407 g/mol. The van der Waals surface area contributed by atoms with Crippen LogP contribution in [0.2, 0.25) is 0 Å². The Bertz CT molecular complexity index is 918. The first-order valence-electron chi connectivity index (χ1n) is 10.2. The summed E-state index contributed by atoms with van der Waals surface area (Å²) in [5.74, 6) is -0.268. The molecule has 0 atom stereocenters. The van der Waals surface area contributed by atoms with Crippen molar-refractivity contribution in [1.29, 1.82) is 0 Å². The molecule has 1 amide bonds. The Morgan fingerprint density at radius 1 is 1.06 bits per heavy atom. The van der Waals surface area contributed by atoms with E-state index in [0.717, 1.165) is 11.6 Å². The number of alkyl halides is 3. The SMILES string of the molecule is Cc1ccc(C(=O)NC(=NCc2ccccc2C(F)(F)F)NC2CCC(O)CC2)cc1. The third-order valence-electron chi connectivity index (χ3n) is 5.31. The van der Waals surface area contributed by atoms with Crippen LogP contribution in [-0.4, -0.2) is 29.1 Å². The van der Waals surface area contributed by atoms with E-state index in [1.54, 1.807) is 24.3 Å². The number of nitrogens with zero attached hydrogens (tertiary/aromatic N) is 1. The Morgan fingerprint density at radius 2 is 1.71 bits per heavy atom. The zero-order valence-electron chi connectivity index (χ0n) is 17.2. The molecule has 0 radical (unpaired) electrons. The molecule has 8 heteroatoms. The van der Waals surface area contributed by atoms with Crippen molar-refractivity contribution in [2.75, 3.05) is 0 Å². The summed E-state index contributed by atoms with van der Waals surface area (Å²) in [6.07, 6.45) is -2.23. The van der Waals surface area contributed by atoms with Crippen LogP contribution < -0.4 is 10.6 Å². The number of aliphatic imine (C=N–C) groups is 1. The van der Waals surface area contributed by atoms with E-state index in [4.69, 9.17) is 0 Å². The van der Waals surface area contributed by atoms with Crippen LogP contribution in [0.15, 0.2) is 53.5 Å². The van der Waals surface area contributed by atoms with Crippen molar-refractivity contribution in [3.63, 3.8) is 0 Å². The lowest BCUT2D eigenvalue weighted by atomic mass is 9.93. The van der Waals surface area contributed by atoms with Gasteiger partial charge in [-0.2, -0.15) is 13.2 Å². The molecule has 0 heterocycles. The number of hydrogen-bond acceptors (Lipinski definition) is 3. The third kappa shape index (κ3) is 6.55. The molecule has 2 aromatic rings. The lowest BCUT2D eigenvalue weighted by Gasteiger charge is -2.27. The van der Waals surface area contributed by atoms with Gasteiger partial charge < -0.3 is 10.4 Å². The zero-order chi connectivity index (χ0) is 22.4. The smallest absolute Gasteiger partial charge is 0.393 e. The summed E-state index contributed by atoms with van der Waals surface area (Å²) in [7, 11) is 0. The van der Waals surface area contributed by atoms with Crippen molar-refractivity contribution in [3.8, 4) is 0 Å². The summed E-state index contributed by atoms with van der Waals surface area (Å²) in [4.78, 5) is 16.9. The fourth-order valence-electron chi connectivity index (χ4n) is 3.52. The van der Waals surface area contributed by atoms with Crippen LogP contribution in [0, 0.1) is 6.92 Å². The molecule has 0 aromatic heterocycles. The number of carbonyl (C=O) groups excluding carboxylic acids is 1. The first kappa shape index (κ1) is 22.8. The molecule has 3 rings (SSSR count). The summed E-state index contributed by atoms with van der Waals surface area (Å²) < 4.78 is 39.9. The second-order valence-electron chi connectivity index (χ2n) is 7.79. The molecule has 1 aliphatic rings. The number of aliphatic hydroxyl groups is 1. The van der Waals surface area contributed by atoms with Gasteiger partial charge in [-0.25, -0.2) is 4.99 Å². The second-order valence-corrected chi connectivity index (χ2v) is 7.79. The number of rotatable bonds is 4. The van der Waals surface area contributed by atoms with E-state index in [9.17, 15) is 23.1 Å². The van der Waals surface area contributed by atoms with Gasteiger partial charge in [0.25, 0.3) is 5.91 Å². The van der Waals surface area contributed by atoms with Gasteiger partial charge in [0, 0.05) is 11.6 Å². The minimum absolute atomic E-state index is 0.0259. The maximum atomic E-state index is 13.3. The van der Waals surface area contributed by atoms with Gasteiger partial charge in [-0.1, -0.05) is 35.9 Å². The van der Waals surface area contributed by atoms with Crippen molar-refractivity contribution < 1.29 is 23.1 Å². The predicted molar refractivity (Wildman–Crippen MR) is 113 cm³/mol. The van der Waals surface area contributed by atoms with E-state index >= 15 is 0 Å². The number of aliphatic hydroxyl groups excluding tert-OH is 1. The summed E-state index contributed by atoms with van der Waals surface area (Å²) >= 11 is 0. The normalized spacial score (nSPS) is 19.7.